The zero-order chi connectivity index (χ0) is 18.7. The van der Waals surface area contributed by atoms with Crippen molar-refractivity contribution in [2.24, 2.45) is 0 Å². The van der Waals surface area contributed by atoms with E-state index in [1.807, 2.05) is 32.1 Å². The molecule has 0 saturated carbocycles. The second-order valence-electron chi connectivity index (χ2n) is 6.68. The van der Waals surface area contributed by atoms with Gasteiger partial charge in [-0.15, -0.1) is 0 Å². The second-order valence-corrected chi connectivity index (χ2v) is 6.68. The topological polar surface area (TPSA) is 95.1 Å². The Hall–Kier alpha value is -2.75. The lowest BCUT2D eigenvalue weighted by Gasteiger charge is -2.19. The van der Waals surface area contributed by atoms with E-state index in [4.69, 9.17) is 17.2 Å². The van der Waals surface area contributed by atoms with Crippen molar-refractivity contribution in [3.05, 3.63) is 58.7 Å². The Balaban J connectivity index is 2.21. The SMILES string of the molecule is C=Cc1c(C)ccc(N)c1C(C)CCC(=O)c1cc(C)cc(N)c1N. The number of benzene rings is 2. The molecule has 0 spiro atoms. The Kier molecular flexibility index (Phi) is 5.52. The fourth-order valence-electron chi connectivity index (χ4n) is 3.27. The van der Waals surface area contributed by atoms with Crippen LogP contribution in [-0.2, 0) is 0 Å². The highest BCUT2D eigenvalue weighted by Crippen LogP contribution is 2.33. The molecule has 1 atom stereocenters. The third-order valence-corrected chi connectivity index (χ3v) is 4.70. The van der Waals surface area contributed by atoms with Gasteiger partial charge in [-0.3, -0.25) is 4.79 Å². The fraction of sp³-hybridized carbons (Fsp3) is 0.286. The molecule has 1 unspecified atom stereocenters. The smallest absolute Gasteiger partial charge is 0.165 e. The van der Waals surface area contributed by atoms with E-state index >= 15 is 0 Å². The summed E-state index contributed by atoms with van der Waals surface area (Å²) in [6.45, 7) is 9.92. The summed E-state index contributed by atoms with van der Waals surface area (Å²) in [5, 5.41) is 0. The van der Waals surface area contributed by atoms with Crippen LogP contribution < -0.4 is 17.2 Å². The molecule has 6 N–H and O–H groups in total. The van der Waals surface area contributed by atoms with E-state index in [0.29, 0.717) is 29.8 Å². The number of nitrogens with two attached hydrogens (primary N) is 3. The van der Waals surface area contributed by atoms with E-state index in [1.165, 1.54) is 0 Å². The third kappa shape index (κ3) is 3.85. The maximum atomic E-state index is 12.6. The van der Waals surface area contributed by atoms with Gasteiger partial charge in [-0.05, 0) is 66.6 Å². The molecule has 0 amide bonds. The lowest BCUT2D eigenvalue weighted by molar-refractivity contribution is 0.0978. The zero-order valence-corrected chi connectivity index (χ0v) is 15.2. The molecular weight excluding hydrogens is 310 g/mol. The van der Waals surface area contributed by atoms with Gasteiger partial charge in [-0.2, -0.15) is 0 Å². The van der Waals surface area contributed by atoms with Crippen LogP contribution in [0.15, 0.2) is 30.8 Å². The van der Waals surface area contributed by atoms with Crippen LogP contribution in [0.3, 0.4) is 0 Å². The van der Waals surface area contributed by atoms with Crippen LogP contribution in [0.4, 0.5) is 17.1 Å². The first kappa shape index (κ1) is 18.6. The van der Waals surface area contributed by atoms with Gasteiger partial charge in [0, 0.05) is 17.7 Å². The van der Waals surface area contributed by atoms with Crippen LogP contribution in [0.1, 0.15) is 58.3 Å². The van der Waals surface area contributed by atoms with E-state index in [1.54, 1.807) is 12.1 Å². The molecule has 2 rings (SSSR count). The van der Waals surface area contributed by atoms with E-state index in [-0.39, 0.29) is 11.7 Å². The second kappa shape index (κ2) is 7.43. The molecule has 4 nitrogen and oxygen atoms in total. The molecule has 4 heteroatoms. The highest BCUT2D eigenvalue weighted by molar-refractivity contribution is 6.03. The van der Waals surface area contributed by atoms with Crippen molar-refractivity contribution in [1.82, 2.24) is 0 Å². The molecule has 0 heterocycles. The average molecular weight is 337 g/mol. The Morgan fingerprint density at radius 1 is 1.16 bits per heavy atom. The number of anilines is 3. The van der Waals surface area contributed by atoms with Gasteiger partial charge in [0.2, 0.25) is 0 Å². The highest BCUT2D eigenvalue weighted by atomic mass is 16.1. The molecule has 25 heavy (non-hydrogen) atoms. The number of carbonyl (C=O) groups excluding carboxylic acids is 1. The fourth-order valence-corrected chi connectivity index (χ4v) is 3.27. The molecule has 0 saturated heterocycles. The van der Waals surface area contributed by atoms with Gasteiger partial charge >= 0.3 is 0 Å². The Labute approximate surface area is 149 Å². The third-order valence-electron chi connectivity index (χ3n) is 4.70. The van der Waals surface area contributed by atoms with Gasteiger partial charge in [0.1, 0.15) is 0 Å². The summed E-state index contributed by atoms with van der Waals surface area (Å²) in [7, 11) is 0. The molecule has 0 aliphatic carbocycles. The van der Waals surface area contributed by atoms with Gasteiger partial charge in [-0.25, -0.2) is 0 Å². The van der Waals surface area contributed by atoms with Crippen LogP contribution in [0.5, 0.6) is 0 Å². The minimum absolute atomic E-state index is 0.00567. The van der Waals surface area contributed by atoms with E-state index in [9.17, 15) is 4.79 Å². The van der Waals surface area contributed by atoms with Gasteiger partial charge in [0.25, 0.3) is 0 Å². The molecule has 132 valence electrons. The summed E-state index contributed by atoms with van der Waals surface area (Å²) in [4.78, 5) is 12.6. The van der Waals surface area contributed by atoms with Crippen LogP contribution in [0.2, 0.25) is 0 Å². The number of hydrogen-bond donors (Lipinski definition) is 3. The molecule has 0 fully saturated rings. The van der Waals surface area contributed by atoms with Crippen molar-refractivity contribution >= 4 is 28.9 Å². The van der Waals surface area contributed by atoms with Gasteiger partial charge < -0.3 is 17.2 Å². The Morgan fingerprint density at radius 2 is 1.84 bits per heavy atom. The molecule has 0 aliphatic heterocycles. The number of carbonyl (C=O) groups is 1. The van der Waals surface area contributed by atoms with Crippen molar-refractivity contribution in [2.75, 3.05) is 17.2 Å². The lowest BCUT2D eigenvalue weighted by atomic mass is 9.87. The van der Waals surface area contributed by atoms with Crippen LogP contribution >= 0.6 is 0 Å². The summed E-state index contributed by atoms with van der Waals surface area (Å²) in [6, 6.07) is 7.48. The number of ketones is 1. The maximum absolute atomic E-state index is 12.6. The van der Waals surface area contributed by atoms with Gasteiger partial charge in [0.05, 0.1) is 11.4 Å². The predicted molar refractivity (Wildman–Crippen MR) is 108 cm³/mol. The average Bonchev–Trinajstić information content (AvgIpc) is 2.57. The van der Waals surface area contributed by atoms with Crippen molar-refractivity contribution in [3.63, 3.8) is 0 Å². The summed E-state index contributed by atoms with van der Waals surface area (Å²) in [6.07, 6.45) is 2.90. The number of nitrogen functional groups attached to an aromatic ring is 3. The Bertz CT molecular complexity index is 824. The van der Waals surface area contributed by atoms with Crippen LogP contribution in [0, 0.1) is 13.8 Å². The standard InChI is InChI=1S/C21H27N3O/c1-5-15-13(3)6-8-17(22)20(15)14(4)7-9-19(25)16-10-12(2)11-18(23)21(16)24/h5-6,8,10-11,14H,1,7,9,22-24H2,2-4H3. The molecule has 2 aromatic carbocycles. The molecule has 0 radical (unpaired) electrons. The van der Waals surface area contributed by atoms with Crippen molar-refractivity contribution in [3.8, 4) is 0 Å². The summed E-state index contributed by atoms with van der Waals surface area (Å²) in [5.41, 5.74) is 24.3. The minimum atomic E-state index is 0.00567. The Morgan fingerprint density at radius 3 is 2.48 bits per heavy atom. The van der Waals surface area contributed by atoms with Crippen LogP contribution in [-0.4, -0.2) is 5.78 Å². The quantitative estimate of drug-likeness (QED) is 0.535. The monoisotopic (exact) mass is 337 g/mol. The summed E-state index contributed by atoms with van der Waals surface area (Å²) < 4.78 is 0. The van der Waals surface area contributed by atoms with Crippen molar-refractivity contribution < 1.29 is 4.79 Å². The lowest BCUT2D eigenvalue weighted by Crippen LogP contribution is -2.10. The first-order valence-electron chi connectivity index (χ1n) is 8.46. The summed E-state index contributed by atoms with van der Waals surface area (Å²) >= 11 is 0. The summed E-state index contributed by atoms with van der Waals surface area (Å²) in [5.74, 6) is 0.145. The largest absolute Gasteiger partial charge is 0.398 e. The predicted octanol–water partition coefficient (Wildman–Crippen LogP) is 4.46. The maximum Gasteiger partial charge on any atom is 0.165 e. The molecule has 2 aromatic rings. The van der Waals surface area contributed by atoms with Crippen molar-refractivity contribution in [2.45, 2.75) is 39.5 Å². The number of Topliss-reactive ketones (excluding diaryl/α,β-unsaturated/α-hetero) is 1. The van der Waals surface area contributed by atoms with Crippen LogP contribution in [0.25, 0.3) is 6.08 Å². The van der Waals surface area contributed by atoms with E-state index < -0.39 is 0 Å². The highest BCUT2D eigenvalue weighted by Gasteiger charge is 2.18. The molecule has 0 aromatic heterocycles. The first-order valence-corrected chi connectivity index (χ1v) is 8.46. The first-order chi connectivity index (χ1) is 11.8. The number of aryl methyl sites for hydroxylation is 2. The molecule has 0 aliphatic rings. The van der Waals surface area contributed by atoms with Gasteiger partial charge in [0.15, 0.2) is 5.78 Å². The zero-order valence-electron chi connectivity index (χ0n) is 15.2. The number of rotatable bonds is 6. The van der Waals surface area contributed by atoms with E-state index in [2.05, 4.69) is 13.5 Å². The molecular formula is C21H27N3O. The van der Waals surface area contributed by atoms with Crippen molar-refractivity contribution in [1.29, 1.82) is 0 Å². The normalized spacial score (nSPS) is 12.0. The van der Waals surface area contributed by atoms with E-state index in [0.717, 1.165) is 27.9 Å². The number of hydrogen-bond acceptors (Lipinski definition) is 4. The van der Waals surface area contributed by atoms with Gasteiger partial charge in [-0.1, -0.05) is 25.6 Å². The minimum Gasteiger partial charge on any atom is -0.398 e. The molecule has 0 bridgehead atoms.